The first-order valence-electron chi connectivity index (χ1n) is 4.82. The Morgan fingerprint density at radius 3 is 2.93 bits per heavy atom. The highest BCUT2D eigenvalue weighted by Crippen LogP contribution is 2.29. The van der Waals surface area contributed by atoms with Gasteiger partial charge < -0.3 is 10.1 Å². The molecule has 1 rings (SSSR count). The van der Waals surface area contributed by atoms with Crippen LogP contribution in [0.4, 0.5) is 5.69 Å². The van der Waals surface area contributed by atoms with Crippen molar-refractivity contribution in [2.75, 3.05) is 25.6 Å². The molecule has 2 nitrogen and oxygen atoms in total. The number of anilines is 1. The standard InChI is InChI=1S/C11H15BrClNO/c1-8(7-15-2)6-14-10-5-3-4-9(13)11(10)12/h3-5,8,14H,6-7H2,1-2H3. The Morgan fingerprint density at radius 2 is 2.27 bits per heavy atom. The van der Waals surface area contributed by atoms with Crippen molar-refractivity contribution in [3.05, 3.63) is 27.7 Å². The summed E-state index contributed by atoms with van der Waals surface area (Å²) in [6.07, 6.45) is 0. The van der Waals surface area contributed by atoms with Crippen LogP contribution in [0.1, 0.15) is 6.92 Å². The van der Waals surface area contributed by atoms with Gasteiger partial charge in [-0.05, 0) is 34.0 Å². The van der Waals surface area contributed by atoms with Gasteiger partial charge in [0.1, 0.15) is 0 Å². The molecular weight excluding hydrogens is 277 g/mol. The zero-order chi connectivity index (χ0) is 11.3. The van der Waals surface area contributed by atoms with E-state index in [9.17, 15) is 0 Å². The van der Waals surface area contributed by atoms with Crippen LogP contribution < -0.4 is 5.32 Å². The van der Waals surface area contributed by atoms with Gasteiger partial charge in [-0.15, -0.1) is 0 Å². The van der Waals surface area contributed by atoms with Crippen molar-refractivity contribution in [2.24, 2.45) is 5.92 Å². The smallest absolute Gasteiger partial charge is 0.0593 e. The van der Waals surface area contributed by atoms with E-state index in [2.05, 4.69) is 28.2 Å². The molecule has 0 spiro atoms. The van der Waals surface area contributed by atoms with Crippen LogP contribution in [0.25, 0.3) is 0 Å². The Labute approximate surface area is 104 Å². The van der Waals surface area contributed by atoms with Crippen LogP contribution in [-0.2, 0) is 4.74 Å². The van der Waals surface area contributed by atoms with Crippen LogP contribution in [0, 0.1) is 5.92 Å². The molecule has 0 heterocycles. The van der Waals surface area contributed by atoms with Crippen LogP contribution in [-0.4, -0.2) is 20.3 Å². The number of halogens is 2. The first-order valence-corrected chi connectivity index (χ1v) is 5.99. The Balaban J connectivity index is 2.54. The lowest BCUT2D eigenvalue weighted by Crippen LogP contribution is -2.15. The molecule has 0 fully saturated rings. The number of nitrogens with one attached hydrogen (secondary N) is 1. The van der Waals surface area contributed by atoms with Crippen molar-refractivity contribution in [3.63, 3.8) is 0 Å². The lowest BCUT2D eigenvalue weighted by atomic mass is 10.2. The highest BCUT2D eigenvalue weighted by molar-refractivity contribution is 9.10. The van der Waals surface area contributed by atoms with E-state index >= 15 is 0 Å². The van der Waals surface area contributed by atoms with E-state index < -0.39 is 0 Å². The summed E-state index contributed by atoms with van der Waals surface area (Å²) in [7, 11) is 1.71. The second-order valence-corrected chi connectivity index (χ2v) is 4.74. The third-order valence-corrected chi connectivity index (χ3v) is 3.44. The molecule has 1 aromatic carbocycles. The van der Waals surface area contributed by atoms with Crippen LogP contribution in [0.2, 0.25) is 5.02 Å². The SMILES string of the molecule is COCC(C)CNc1cccc(Cl)c1Br. The maximum Gasteiger partial charge on any atom is 0.0593 e. The van der Waals surface area contributed by atoms with Gasteiger partial charge in [-0.1, -0.05) is 24.6 Å². The van der Waals surface area contributed by atoms with Crippen molar-refractivity contribution in [1.29, 1.82) is 0 Å². The predicted octanol–water partition coefficient (Wildman–Crippen LogP) is 3.80. The molecular formula is C11H15BrClNO. The van der Waals surface area contributed by atoms with Gasteiger partial charge in [0, 0.05) is 19.3 Å². The van der Waals surface area contributed by atoms with Crippen molar-refractivity contribution >= 4 is 33.2 Å². The summed E-state index contributed by atoms with van der Waals surface area (Å²) in [6.45, 7) is 3.76. The molecule has 0 aliphatic heterocycles. The molecule has 0 saturated carbocycles. The molecule has 84 valence electrons. The summed E-state index contributed by atoms with van der Waals surface area (Å²) in [4.78, 5) is 0. The first kappa shape index (κ1) is 12.8. The summed E-state index contributed by atoms with van der Waals surface area (Å²) in [6, 6.07) is 5.78. The highest BCUT2D eigenvalue weighted by Gasteiger charge is 2.05. The van der Waals surface area contributed by atoms with E-state index in [-0.39, 0.29) is 0 Å². The average molecular weight is 293 g/mol. The fourth-order valence-corrected chi connectivity index (χ4v) is 1.85. The van der Waals surface area contributed by atoms with E-state index in [1.54, 1.807) is 7.11 Å². The molecule has 4 heteroatoms. The number of ether oxygens (including phenoxy) is 1. The van der Waals surface area contributed by atoms with E-state index in [1.165, 1.54) is 0 Å². The normalized spacial score (nSPS) is 12.5. The molecule has 0 radical (unpaired) electrons. The van der Waals surface area contributed by atoms with Gasteiger partial charge in [-0.2, -0.15) is 0 Å². The number of hydrogen-bond acceptors (Lipinski definition) is 2. The average Bonchev–Trinajstić information content (AvgIpc) is 2.21. The third-order valence-electron chi connectivity index (χ3n) is 2.04. The second kappa shape index (κ2) is 6.36. The minimum Gasteiger partial charge on any atom is -0.384 e. The Kier molecular flexibility index (Phi) is 5.43. The molecule has 0 aromatic heterocycles. The van der Waals surface area contributed by atoms with Crippen molar-refractivity contribution in [2.45, 2.75) is 6.92 Å². The Hall–Kier alpha value is -0.250. The molecule has 1 atom stereocenters. The maximum atomic E-state index is 5.98. The molecule has 0 aliphatic rings. The van der Waals surface area contributed by atoms with E-state index in [1.807, 2.05) is 18.2 Å². The number of rotatable bonds is 5. The quantitative estimate of drug-likeness (QED) is 0.891. The summed E-state index contributed by atoms with van der Waals surface area (Å²) >= 11 is 9.42. The predicted molar refractivity (Wildman–Crippen MR) is 68.7 cm³/mol. The lowest BCUT2D eigenvalue weighted by molar-refractivity contribution is 0.164. The monoisotopic (exact) mass is 291 g/mol. The highest BCUT2D eigenvalue weighted by atomic mass is 79.9. The summed E-state index contributed by atoms with van der Waals surface area (Å²) < 4.78 is 5.98. The van der Waals surface area contributed by atoms with Gasteiger partial charge in [0.15, 0.2) is 0 Å². The molecule has 1 aromatic rings. The summed E-state index contributed by atoms with van der Waals surface area (Å²) in [5.41, 5.74) is 1.02. The summed E-state index contributed by atoms with van der Waals surface area (Å²) in [5, 5.41) is 4.05. The molecule has 0 saturated heterocycles. The molecule has 0 bridgehead atoms. The van der Waals surface area contributed by atoms with Gasteiger partial charge in [-0.25, -0.2) is 0 Å². The number of methoxy groups -OCH3 is 1. The molecule has 1 N–H and O–H groups in total. The fourth-order valence-electron chi connectivity index (χ4n) is 1.27. The topological polar surface area (TPSA) is 21.3 Å². The largest absolute Gasteiger partial charge is 0.384 e. The summed E-state index contributed by atoms with van der Waals surface area (Å²) in [5.74, 6) is 0.473. The molecule has 1 unspecified atom stereocenters. The van der Waals surface area contributed by atoms with Gasteiger partial charge in [0.2, 0.25) is 0 Å². The minimum absolute atomic E-state index is 0.473. The molecule has 15 heavy (non-hydrogen) atoms. The van der Waals surface area contributed by atoms with Gasteiger partial charge in [-0.3, -0.25) is 0 Å². The van der Waals surface area contributed by atoms with Crippen molar-refractivity contribution < 1.29 is 4.74 Å². The Morgan fingerprint density at radius 1 is 1.53 bits per heavy atom. The van der Waals surface area contributed by atoms with E-state index in [0.29, 0.717) is 5.92 Å². The van der Waals surface area contributed by atoms with Gasteiger partial charge >= 0.3 is 0 Å². The first-order chi connectivity index (χ1) is 7.15. The van der Waals surface area contributed by atoms with Crippen LogP contribution >= 0.6 is 27.5 Å². The number of hydrogen-bond donors (Lipinski definition) is 1. The van der Waals surface area contributed by atoms with Crippen molar-refractivity contribution in [3.8, 4) is 0 Å². The molecule has 0 amide bonds. The third kappa shape index (κ3) is 4.01. The van der Waals surface area contributed by atoms with E-state index in [0.717, 1.165) is 28.3 Å². The van der Waals surface area contributed by atoms with E-state index in [4.69, 9.17) is 16.3 Å². The minimum atomic E-state index is 0.473. The van der Waals surface area contributed by atoms with Crippen molar-refractivity contribution in [1.82, 2.24) is 0 Å². The van der Waals surface area contributed by atoms with Crippen LogP contribution in [0.15, 0.2) is 22.7 Å². The van der Waals surface area contributed by atoms with Crippen LogP contribution in [0.3, 0.4) is 0 Å². The van der Waals surface area contributed by atoms with Crippen LogP contribution in [0.5, 0.6) is 0 Å². The maximum absolute atomic E-state index is 5.98. The van der Waals surface area contributed by atoms with Gasteiger partial charge in [0.25, 0.3) is 0 Å². The van der Waals surface area contributed by atoms with Gasteiger partial charge in [0.05, 0.1) is 16.1 Å². The zero-order valence-electron chi connectivity index (χ0n) is 8.89. The fraction of sp³-hybridized carbons (Fsp3) is 0.455. The lowest BCUT2D eigenvalue weighted by Gasteiger charge is -2.14. The molecule has 0 aliphatic carbocycles. The second-order valence-electron chi connectivity index (χ2n) is 3.54. The number of benzene rings is 1. The zero-order valence-corrected chi connectivity index (χ0v) is 11.2. The Bertz CT molecular complexity index is 319.